The van der Waals surface area contributed by atoms with E-state index in [1.807, 2.05) is 12.1 Å². The molecule has 5 nitrogen and oxygen atoms in total. The van der Waals surface area contributed by atoms with Crippen molar-refractivity contribution in [1.82, 2.24) is 9.97 Å². The third kappa shape index (κ3) is 3.26. The van der Waals surface area contributed by atoms with Crippen molar-refractivity contribution in [2.45, 2.75) is 6.92 Å². The SMILES string of the molecule is COc1cc(Br)cc(Nc2nc(C)nc(Cl)c2C=O)c1. The predicted molar refractivity (Wildman–Crippen MR) is 81.1 cm³/mol. The molecule has 1 aromatic carbocycles. The number of carbonyl (C=O) groups is 1. The van der Waals surface area contributed by atoms with Gasteiger partial charge in [0.15, 0.2) is 6.29 Å². The number of methoxy groups -OCH3 is 1. The van der Waals surface area contributed by atoms with Gasteiger partial charge in [-0.25, -0.2) is 9.97 Å². The lowest BCUT2D eigenvalue weighted by atomic mass is 10.2. The van der Waals surface area contributed by atoms with Crippen molar-refractivity contribution in [3.63, 3.8) is 0 Å². The van der Waals surface area contributed by atoms with Crippen LogP contribution in [0.25, 0.3) is 0 Å². The summed E-state index contributed by atoms with van der Waals surface area (Å²) in [6.45, 7) is 1.70. The highest BCUT2D eigenvalue weighted by atomic mass is 79.9. The van der Waals surface area contributed by atoms with Gasteiger partial charge in [0, 0.05) is 16.2 Å². The Hall–Kier alpha value is -1.66. The van der Waals surface area contributed by atoms with E-state index >= 15 is 0 Å². The van der Waals surface area contributed by atoms with Crippen molar-refractivity contribution in [3.8, 4) is 5.75 Å². The van der Waals surface area contributed by atoms with Crippen LogP contribution in [0.5, 0.6) is 5.75 Å². The molecule has 0 fully saturated rings. The Morgan fingerprint density at radius 2 is 2.10 bits per heavy atom. The van der Waals surface area contributed by atoms with Gasteiger partial charge in [0.1, 0.15) is 22.5 Å². The molecule has 7 heteroatoms. The Morgan fingerprint density at radius 3 is 2.75 bits per heavy atom. The lowest BCUT2D eigenvalue weighted by Crippen LogP contribution is -2.03. The fourth-order valence-corrected chi connectivity index (χ4v) is 2.36. The van der Waals surface area contributed by atoms with E-state index in [0.717, 1.165) is 4.47 Å². The van der Waals surface area contributed by atoms with Crippen LogP contribution < -0.4 is 10.1 Å². The van der Waals surface area contributed by atoms with Crippen LogP contribution in [0.4, 0.5) is 11.5 Å². The van der Waals surface area contributed by atoms with Crippen LogP contribution in [0.1, 0.15) is 16.2 Å². The van der Waals surface area contributed by atoms with E-state index in [4.69, 9.17) is 16.3 Å². The number of halogens is 2. The Morgan fingerprint density at radius 1 is 1.35 bits per heavy atom. The van der Waals surface area contributed by atoms with E-state index in [0.29, 0.717) is 29.4 Å². The molecule has 0 unspecified atom stereocenters. The fraction of sp³-hybridized carbons (Fsp3) is 0.154. The van der Waals surface area contributed by atoms with E-state index in [1.165, 1.54) is 0 Å². The zero-order chi connectivity index (χ0) is 14.7. The lowest BCUT2D eigenvalue weighted by molar-refractivity contribution is 0.112. The fourth-order valence-electron chi connectivity index (χ4n) is 1.64. The van der Waals surface area contributed by atoms with Gasteiger partial charge in [-0.15, -0.1) is 0 Å². The number of aldehydes is 1. The summed E-state index contributed by atoms with van der Waals surface area (Å²) in [7, 11) is 1.58. The maximum atomic E-state index is 11.1. The van der Waals surface area contributed by atoms with Gasteiger partial charge in [-0.2, -0.15) is 0 Å². The van der Waals surface area contributed by atoms with Crippen molar-refractivity contribution in [2.75, 3.05) is 12.4 Å². The summed E-state index contributed by atoms with van der Waals surface area (Å²) in [6, 6.07) is 5.44. The number of hydrogen-bond donors (Lipinski definition) is 1. The van der Waals surface area contributed by atoms with Gasteiger partial charge in [-0.05, 0) is 19.1 Å². The molecule has 0 spiro atoms. The molecule has 0 saturated heterocycles. The van der Waals surface area contributed by atoms with Gasteiger partial charge in [0.05, 0.1) is 12.7 Å². The highest BCUT2D eigenvalue weighted by Crippen LogP contribution is 2.28. The maximum absolute atomic E-state index is 11.1. The molecular weight excluding hydrogens is 346 g/mol. The summed E-state index contributed by atoms with van der Waals surface area (Å²) < 4.78 is 6.02. The normalized spacial score (nSPS) is 10.2. The quantitative estimate of drug-likeness (QED) is 0.667. The van der Waals surface area contributed by atoms with Crippen molar-refractivity contribution in [1.29, 1.82) is 0 Å². The van der Waals surface area contributed by atoms with Gasteiger partial charge < -0.3 is 10.1 Å². The number of carbonyl (C=O) groups excluding carboxylic acids is 1. The number of nitrogens with zero attached hydrogens (tertiary/aromatic N) is 2. The van der Waals surface area contributed by atoms with Crippen molar-refractivity contribution < 1.29 is 9.53 Å². The minimum absolute atomic E-state index is 0.122. The van der Waals surface area contributed by atoms with Gasteiger partial charge in [-0.1, -0.05) is 27.5 Å². The number of aryl methyl sites for hydroxylation is 1. The Balaban J connectivity index is 2.44. The molecule has 1 N–H and O–H groups in total. The summed E-state index contributed by atoms with van der Waals surface area (Å²) >= 11 is 9.32. The first kappa shape index (κ1) is 14.7. The molecule has 0 saturated carbocycles. The lowest BCUT2D eigenvalue weighted by Gasteiger charge is -2.11. The molecule has 1 aromatic heterocycles. The Kier molecular flexibility index (Phi) is 4.57. The van der Waals surface area contributed by atoms with Gasteiger partial charge >= 0.3 is 0 Å². The first-order chi connectivity index (χ1) is 9.53. The molecule has 20 heavy (non-hydrogen) atoms. The second-order valence-electron chi connectivity index (χ2n) is 3.95. The van der Waals surface area contributed by atoms with Crippen LogP contribution in [-0.4, -0.2) is 23.4 Å². The van der Waals surface area contributed by atoms with Crippen LogP contribution in [0.2, 0.25) is 5.15 Å². The molecule has 0 bridgehead atoms. The molecule has 0 aliphatic heterocycles. The summed E-state index contributed by atoms with van der Waals surface area (Å²) in [4.78, 5) is 19.2. The third-order valence-corrected chi connectivity index (χ3v) is 3.24. The van der Waals surface area contributed by atoms with Crippen LogP contribution in [0.15, 0.2) is 22.7 Å². The first-order valence-electron chi connectivity index (χ1n) is 5.64. The summed E-state index contributed by atoms with van der Waals surface area (Å²) in [6.07, 6.45) is 0.624. The molecule has 0 atom stereocenters. The van der Waals surface area contributed by atoms with Gasteiger partial charge in [0.25, 0.3) is 0 Å². The molecule has 0 radical (unpaired) electrons. The van der Waals surface area contributed by atoms with E-state index in [-0.39, 0.29) is 10.7 Å². The van der Waals surface area contributed by atoms with Gasteiger partial charge in [-0.3, -0.25) is 4.79 Å². The second-order valence-corrected chi connectivity index (χ2v) is 5.22. The standard InChI is InChI=1S/C13H11BrClN3O2/c1-7-16-12(15)11(6-19)13(17-7)18-9-3-8(14)4-10(5-9)20-2/h3-6H,1-2H3,(H,16,17,18). The number of anilines is 2. The number of ether oxygens (including phenoxy) is 1. The molecule has 2 rings (SSSR count). The van der Waals surface area contributed by atoms with Crippen LogP contribution in [-0.2, 0) is 0 Å². The second kappa shape index (κ2) is 6.19. The van der Waals surface area contributed by atoms with Crippen LogP contribution >= 0.6 is 27.5 Å². The number of benzene rings is 1. The number of nitrogens with one attached hydrogen (secondary N) is 1. The van der Waals surface area contributed by atoms with E-state index in [9.17, 15) is 4.79 Å². The molecule has 104 valence electrons. The van der Waals surface area contributed by atoms with E-state index < -0.39 is 0 Å². The Bertz CT molecular complexity index is 664. The minimum atomic E-state index is 0.122. The Labute approximate surface area is 129 Å². The van der Waals surface area contributed by atoms with E-state index in [2.05, 4.69) is 31.2 Å². The third-order valence-electron chi connectivity index (χ3n) is 2.50. The van der Waals surface area contributed by atoms with Gasteiger partial charge in [0.2, 0.25) is 0 Å². The molecular formula is C13H11BrClN3O2. The molecule has 2 aromatic rings. The largest absolute Gasteiger partial charge is 0.497 e. The average molecular weight is 357 g/mol. The zero-order valence-corrected chi connectivity index (χ0v) is 13.1. The smallest absolute Gasteiger partial charge is 0.156 e. The topological polar surface area (TPSA) is 64.1 Å². The zero-order valence-electron chi connectivity index (χ0n) is 10.8. The number of rotatable bonds is 4. The predicted octanol–water partition coefficient (Wildman–Crippen LogP) is 3.77. The van der Waals surface area contributed by atoms with E-state index in [1.54, 1.807) is 20.1 Å². The average Bonchev–Trinajstić information content (AvgIpc) is 2.37. The molecule has 0 aliphatic carbocycles. The molecule has 0 aliphatic rings. The summed E-state index contributed by atoms with van der Waals surface area (Å²) in [5.74, 6) is 1.51. The maximum Gasteiger partial charge on any atom is 0.156 e. The van der Waals surface area contributed by atoms with Crippen molar-refractivity contribution in [2.24, 2.45) is 0 Å². The highest BCUT2D eigenvalue weighted by Gasteiger charge is 2.12. The highest BCUT2D eigenvalue weighted by molar-refractivity contribution is 9.10. The van der Waals surface area contributed by atoms with Crippen molar-refractivity contribution >= 4 is 45.3 Å². The molecule has 1 heterocycles. The van der Waals surface area contributed by atoms with Crippen LogP contribution in [0.3, 0.4) is 0 Å². The van der Waals surface area contributed by atoms with Crippen LogP contribution in [0, 0.1) is 6.92 Å². The van der Waals surface area contributed by atoms with Crippen molar-refractivity contribution in [3.05, 3.63) is 39.2 Å². The number of hydrogen-bond acceptors (Lipinski definition) is 5. The summed E-state index contributed by atoms with van der Waals surface area (Å²) in [5, 5.41) is 3.17. The summed E-state index contributed by atoms with van der Waals surface area (Å²) in [5.41, 5.74) is 0.935. The number of aromatic nitrogens is 2. The monoisotopic (exact) mass is 355 g/mol. The minimum Gasteiger partial charge on any atom is -0.497 e. The molecule has 0 amide bonds. The first-order valence-corrected chi connectivity index (χ1v) is 6.81.